The van der Waals surface area contributed by atoms with Gasteiger partial charge in [0, 0.05) is 28.7 Å². The van der Waals surface area contributed by atoms with E-state index < -0.39 is 8.60 Å². The molecule has 0 bridgehead atoms. The smallest absolute Gasteiger partial charge is 0.417 e. The van der Waals surface area contributed by atoms with Crippen LogP contribution in [0.1, 0.15) is 167 Å². The number of benzene rings is 2. The summed E-state index contributed by atoms with van der Waals surface area (Å²) in [6.07, 6.45) is 5.47. The van der Waals surface area contributed by atoms with Crippen LogP contribution in [0.5, 0.6) is 11.5 Å². The first-order valence-corrected chi connectivity index (χ1v) is 17.8. The zero-order chi connectivity index (χ0) is 32.7. The quantitative estimate of drug-likeness (QED) is 0.292. The van der Waals surface area contributed by atoms with Crippen molar-refractivity contribution in [1.29, 1.82) is 0 Å². The number of hydrogen-bond acceptors (Lipinski definition) is 3. The molecule has 0 N–H and O–H groups in total. The second kappa shape index (κ2) is 13.0. The van der Waals surface area contributed by atoms with E-state index >= 15 is 0 Å². The molecule has 242 valence electrons. The summed E-state index contributed by atoms with van der Waals surface area (Å²) in [4.78, 5) is 0. The van der Waals surface area contributed by atoms with E-state index in [1.807, 2.05) is 0 Å². The van der Waals surface area contributed by atoms with Gasteiger partial charge in [-0.25, -0.2) is 0 Å². The molecule has 1 aliphatic heterocycles. The van der Waals surface area contributed by atoms with Crippen LogP contribution in [0.3, 0.4) is 0 Å². The molecule has 0 saturated heterocycles. The maximum Gasteiger partial charge on any atom is 0.463 e. The fourth-order valence-corrected chi connectivity index (χ4v) is 7.59. The molecule has 1 atom stereocenters. The average molecular weight is 611 g/mol. The molecule has 2 aromatic carbocycles. The predicted molar refractivity (Wildman–Crippen MR) is 187 cm³/mol. The first-order chi connectivity index (χ1) is 19.6. The van der Waals surface area contributed by atoms with Gasteiger partial charge in [-0.2, -0.15) is 0 Å². The van der Waals surface area contributed by atoms with Gasteiger partial charge in [-0.1, -0.05) is 128 Å². The van der Waals surface area contributed by atoms with E-state index in [-0.39, 0.29) is 21.7 Å². The van der Waals surface area contributed by atoms with Gasteiger partial charge in [-0.05, 0) is 70.1 Å². The SMILES string of the molecule is CCCCC(CC)COP1Oc2c(C(C)(C)C)cc(C(C)(C)C)c(C)c2Cc2c(C)c(C(C)(C)C)cc(C(C)(C)C)c2O1. The maximum absolute atomic E-state index is 7.02. The van der Waals surface area contributed by atoms with Crippen LogP contribution in [0.2, 0.25) is 0 Å². The molecule has 0 amide bonds. The number of rotatable bonds is 7. The Bertz CT molecular complexity index is 1190. The van der Waals surface area contributed by atoms with Gasteiger partial charge in [0.25, 0.3) is 0 Å². The van der Waals surface area contributed by atoms with Crippen molar-refractivity contribution in [1.82, 2.24) is 0 Å². The van der Waals surface area contributed by atoms with Crippen LogP contribution in [-0.2, 0) is 32.6 Å². The van der Waals surface area contributed by atoms with Crippen LogP contribution in [-0.4, -0.2) is 6.61 Å². The molecule has 2 aromatic rings. The van der Waals surface area contributed by atoms with E-state index in [0.717, 1.165) is 24.3 Å². The summed E-state index contributed by atoms with van der Waals surface area (Å²) >= 11 is 0. The lowest BCUT2D eigenvalue weighted by Crippen LogP contribution is -2.24. The summed E-state index contributed by atoms with van der Waals surface area (Å²) in [6, 6.07) is 4.80. The van der Waals surface area contributed by atoms with Crippen molar-refractivity contribution in [2.45, 2.75) is 165 Å². The molecule has 0 aliphatic carbocycles. The van der Waals surface area contributed by atoms with Crippen LogP contribution in [0, 0.1) is 19.8 Å². The Kier molecular flexibility index (Phi) is 10.9. The van der Waals surface area contributed by atoms with E-state index in [1.54, 1.807) is 0 Å². The fourth-order valence-electron chi connectivity index (χ4n) is 6.40. The highest BCUT2D eigenvalue weighted by Gasteiger charge is 2.37. The van der Waals surface area contributed by atoms with Crippen LogP contribution in [0.25, 0.3) is 0 Å². The van der Waals surface area contributed by atoms with Crippen molar-refractivity contribution in [3.05, 3.63) is 56.6 Å². The van der Waals surface area contributed by atoms with Crippen LogP contribution in [0.15, 0.2) is 12.1 Å². The van der Waals surface area contributed by atoms with Gasteiger partial charge in [-0.15, -0.1) is 0 Å². The molecule has 1 aliphatic rings. The van der Waals surface area contributed by atoms with Gasteiger partial charge in [0.05, 0.1) is 6.61 Å². The monoisotopic (exact) mass is 610 g/mol. The Morgan fingerprint density at radius 2 is 1.07 bits per heavy atom. The minimum absolute atomic E-state index is 0.00847. The van der Waals surface area contributed by atoms with Crippen LogP contribution >= 0.6 is 8.60 Å². The van der Waals surface area contributed by atoms with E-state index in [1.165, 1.54) is 63.8 Å². The van der Waals surface area contributed by atoms with Gasteiger partial charge in [0.2, 0.25) is 0 Å². The third-order valence-corrected chi connectivity index (χ3v) is 10.2. The highest BCUT2D eigenvalue weighted by atomic mass is 31.2. The molecule has 43 heavy (non-hydrogen) atoms. The Labute approximate surface area is 266 Å². The van der Waals surface area contributed by atoms with Crippen molar-refractivity contribution >= 4 is 8.60 Å². The number of unbranched alkanes of at least 4 members (excludes halogenated alkanes) is 1. The van der Waals surface area contributed by atoms with Gasteiger partial charge < -0.3 is 9.05 Å². The standard InChI is InChI=1S/C39H63O3P/c1-17-19-20-27(18-2)24-40-43-41-34-28(25(3)30(36(5,6)7)22-32(34)38(11,12)13)21-29-26(4)31(37(8,9)10)23-33(35(29)42-43)39(14,15)16/h22-23,27H,17-21,24H2,1-16H3. The van der Waals surface area contributed by atoms with Crippen LogP contribution in [0.4, 0.5) is 0 Å². The topological polar surface area (TPSA) is 27.7 Å². The summed E-state index contributed by atoms with van der Waals surface area (Å²) in [7, 11) is -1.67. The minimum Gasteiger partial charge on any atom is -0.417 e. The molecule has 3 rings (SSSR count). The van der Waals surface area contributed by atoms with Gasteiger partial charge in [0.1, 0.15) is 11.5 Å². The van der Waals surface area contributed by atoms with Crippen molar-refractivity contribution in [2.24, 2.45) is 5.92 Å². The van der Waals surface area contributed by atoms with Gasteiger partial charge in [0.15, 0.2) is 0 Å². The largest absolute Gasteiger partial charge is 0.463 e. The fraction of sp³-hybridized carbons (Fsp3) is 0.692. The van der Waals surface area contributed by atoms with Crippen molar-refractivity contribution in [2.75, 3.05) is 6.61 Å². The summed E-state index contributed by atoms with van der Waals surface area (Å²) in [6.45, 7) is 37.5. The molecule has 0 saturated carbocycles. The highest BCUT2D eigenvalue weighted by molar-refractivity contribution is 7.42. The Morgan fingerprint density at radius 1 is 0.674 bits per heavy atom. The molecule has 4 heteroatoms. The highest BCUT2D eigenvalue weighted by Crippen LogP contribution is 2.55. The second-order valence-corrected chi connectivity index (χ2v) is 18.2. The van der Waals surface area contributed by atoms with E-state index in [9.17, 15) is 0 Å². The first-order valence-electron chi connectivity index (χ1n) is 16.7. The molecule has 3 nitrogen and oxygen atoms in total. The summed E-state index contributed by atoms with van der Waals surface area (Å²) in [5.74, 6) is 2.43. The van der Waals surface area contributed by atoms with Crippen molar-refractivity contribution in [3.8, 4) is 11.5 Å². The molecule has 0 aromatic heterocycles. The van der Waals surface area contributed by atoms with Crippen molar-refractivity contribution < 1.29 is 13.6 Å². The van der Waals surface area contributed by atoms with Crippen LogP contribution < -0.4 is 9.05 Å². The lowest BCUT2D eigenvalue weighted by molar-refractivity contribution is 0.205. The minimum atomic E-state index is -1.67. The molecule has 0 spiro atoms. The molecule has 0 radical (unpaired) electrons. The normalized spacial score (nSPS) is 15.6. The summed E-state index contributed by atoms with van der Waals surface area (Å²) in [5.41, 5.74) is 10.3. The zero-order valence-electron chi connectivity index (χ0n) is 30.6. The first kappa shape index (κ1) is 35.9. The lowest BCUT2D eigenvalue weighted by atomic mass is 9.73. The van der Waals surface area contributed by atoms with Gasteiger partial charge >= 0.3 is 8.60 Å². The van der Waals surface area contributed by atoms with Crippen molar-refractivity contribution in [3.63, 3.8) is 0 Å². The second-order valence-electron chi connectivity index (χ2n) is 17.1. The Hall–Kier alpha value is -1.57. The average Bonchev–Trinajstić information content (AvgIpc) is 2.83. The van der Waals surface area contributed by atoms with Gasteiger partial charge in [-0.3, -0.25) is 4.52 Å². The molecule has 0 fully saturated rings. The van der Waals surface area contributed by atoms with E-state index in [0.29, 0.717) is 12.5 Å². The Morgan fingerprint density at radius 3 is 1.40 bits per heavy atom. The molecule has 1 heterocycles. The molecule has 1 unspecified atom stereocenters. The third kappa shape index (κ3) is 8.18. The van der Waals surface area contributed by atoms with E-state index in [4.69, 9.17) is 13.6 Å². The summed E-state index contributed by atoms with van der Waals surface area (Å²) < 4.78 is 20.8. The molecular weight excluding hydrogens is 547 g/mol. The molecular formula is C39H63O3P. The lowest BCUT2D eigenvalue weighted by Gasteiger charge is -2.36. The maximum atomic E-state index is 7.02. The summed E-state index contributed by atoms with van der Waals surface area (Å²) in [5, 5.41) is 0. The number of fused-ring (bicyclic) bond motifs is 2. The number of hydrogen-bond donors (Lipinski definition) is 0. The van der Waals surface area contributed by atoms with E-state index in [2.05, 4.69) is 123 Å². The predicted octanol–water partition coefficient (Wildman–Crippen LogP) is 12.3. The third-order valence-electron chi connectivity index (χ3n) is 9.20. The Balaban J connectivity index is 2.41. The zero-order valence-corrected chi connectivity index (χ0v) is 31.5.